The summed E-state index contributed by atoms with van der Waals surface area (Å²) in [4.78, 5) is 29.1. The molecule has 0 spiro atoms. The molecule has 2 aromatic carbocycles. The Balaban J connectivity index is 1.79. The number of hydrogen-bond acceptors (Lipinski definition) is 8. The molecule has 4 aromatic rings. The van der Waals surface area contributed by atoms with Crippen molar-refractivity contribution < 1.29 is 45.7 Å². The van der Waals surface area contributed by atoms with E-state index in [1.54, 1.807) is 0 Å². The quantitative estimate of drug-likeness (QED) is 0.193. The van der Waals surface area contributed by atoms with Crippen LogP contribution in [0.2, 0.25) is 10.0 Å². The van der Waals surface area contributed by atoms with Gasteiger partial charge in [-0.05, 0) is 43.3 Å². The van der Waals surface area contributed by atoms with Crippen LogP contribution in [0.1, 0.15) is 31.6 Å². The van der Waals surface area contributed by atoms with E-state index in [1.165, 1.54) is 31.2 Å². The van der Waals surface area contributed by atoms with Gasteiger partial charge in [-0.3, -0.25) is 9.36 Å². The molecule has 0 aliphatic rings. The second-order valence-corrected chi connectivity index (χ2v) is 9.99. The van der Waals surface area contributed by atoms with Crippen LogP contribution in [0.3, 0.4) is 0 Å². The summed E-state index contributed by atoms with van der Waals surface area (Å²) in [6, 6.07) is 8.60. The summed E-state index contributed by atoms with van der Waals surface area (Å²) >= 11 is 12.1. The second kappa shape index (κ2) is 12.5. The summed E-state index contributed by atoms with van der Waals surface area (Å²) in [6.07, 6.45) is -14.0. The average Bonchev–Trinajstić information content (AvgIpc) is 3.44. The largest absolute Gasteiger partial charge is 0.573 e. The fraction of sp³-hybridized carbons (Fsp3) is 0.320. The van der Waals surface area contributed by atoms with Crippen molar-refractivity contribution >= 4 is 29.2 Å². The van der Waals surface area contributed by atoms with Crippen molar-refractivity contribution in [2.45, 2.75) is 51.7 Å². The van der Waals surface area contributed by atoms with Crippen molar-refractivity contribution in [2.75, 3.05) is 0 Å². The minimum absolute atomic E-state index is 0.0121. The van der Waals surface area contributed by atoms with Crippen molar-refractivity contribution in [3.05, 3.63) is 74.6 Å². The third kappa shape index (κ3) is 7.70. The van der Waals surface area contributed by atoms with Gasteiger partial charge < -0.3 is 14.6 Å². The van der Waals surface area contributed by atoms with Gasteiger partial charge in [0.25, 0.3) is 0 Å². The van der Waals surface area contributed by atoms with Gasteiger partial charge in [0.05, 0.1) is 17.3 Å². The minimum atomic E-state index is -5.04. The molecule has 19 heteroatoms. The van der Waals surface area contributed by atoms with Crippen molar-refractivity contribution in [1.29, 1.82) is 0 Å². The first-order valence-electron chi connectivity index (χ1n) is 12.3. The summed E-state index contributed by atoms with van der Waals surface area (Å²) in [5.41, 5.74) is -0.868. The van der Waals surface area contributed by atoms with Gasteiger partial charge in [-0.2, -0.15) is 13.2 Å². The smallest absolute Gasteiger partial charge is 0.455 e. The van der Waals surface area contributed by atoms with E-state index in [9.17, 15) is 41.0 Å². The number of carbonyl (C=O) groups excluding carboxylic acids is 1. The van der Waals surface area contributed by atoms with E-state index in [0.29, 0.717) is 9.59 Å². The molecular weight excluding hydrogens is 649 g/mol. The minimum Gasteiger partial charge on any atom is -0.455 e. The van der Waals surface area contributed by atoms with Crippen molar-refractivity contribution in [2.24, 2.45) is 0 Å². The van der Waals surface area contributed by atoms with Crippen LogP contribution in [-0.4, -0.2) is 58.8 Å². The highest BCUT2D eigenvalue weighted by Gasteiger charge is 2.39. The Kier molecular flexibility index (Phi) is 9.32. The predicted octanol–water partition coefficient (Wildman–Crippen LogP) is 5.09. The number of halogens is 8. The van der Waals surface area contributed by atoms with E-state index in [1.807, 2.05) is 0 Å². The van der Waals surface area contributed by atoms with Crippen LogP contribution in [0, 0.1) is 0 Å². The summed E-state index contributed by atoms with van der Waals surface area (Å²) in [6.45, 7) is 0.820. The molecule has 1 N–H and O–H groups in total. The second-order valence-electron chi connectivity index (χ2n) is 9.15. The van der Waals surface area contributed by atoms with Crippen molar-refractivity contribution in [1.82, 2.24) is 29.1 Å². The number of aliphatic hydroxyl groups excluding tert-OH is 1. The Bertz CT molecular complexity index is 1720. The standard InChI is InChI=1S/C25H20Cl2F6N6O5/c1-12(43-13(2)40)21-34-20(35-39(21)18-8-7-16(9-17(18)27)44-25(31,32)33)11-38-23(42)37(10-19(41)24(28,29)30)22(36-38)14-3-5-15(26)6-4-14/h3-9,12,19,41H,10-11H2,1-2H3/t12-,19-/m0/s1. The molecule has 0 aliphatic carbocycles. The first-order valence-corrected chi connectivity index (χ1v) is 13.1. The highest BCUT2D eigenvalue weighted by atomic mass is 35.5. The molecule has 2 atom stereocenters. The number of hydrogen-bond donors (Lipinski definition) is 1. The predicted molar refractivity (Wildman–Crippen MR) is 141 cm³/mol. The molecule has 2 heterocycles. The zero-order chi connectivity index (χ0) is 32.6. The lowest BCUT2D eigenvalue weighted by Gasteiger charge is -2.15. The fourth-order valence-electron chi connectivity index (χ4n) is 3.97. The van der Waals surface area contributed by atoms with Crippen molar-refractivity contribution in [3.63, 3.8) is 0 Å². The van der Waals surface area contributed by atoms with Crippen LogP contribution < -0.4 is 10.4 Å². The molecule has 11 nitrogen and oxygen atoms in total. The van der Waals surface area contributed by atoms with E-state index in [0.717, 1.165) is 34.5 Å². The molecule has 0 amide bonds. The summed E-state index contributed by atoms with van der Waals surface area (Å²) in [5.74, 6) is -1.81. The Labute approximate surface area is 253 Å². The number of nitrogens with zero attached hydrogens (tertiary/aromatic N) is 6. The van der Waals surface area contributed by atoms with Gasteiger partial charge in [0.1, 0.15) is 12.3 Å². The molecule has 0 aliphatic heterocycles. The number of ether oxygens (including phenoxy) is 2. The third-order valence-corrected chi connectivity index (χ3v) is 6.37. The van der Waals surface area contributed by atoms with Crippen LogP contribution in [0.25, 0.3) is 17.1 Å². The normalized spacial score (nSPS) is 13.5. The van der Waals surface area contributed by atoms with Gasteiger partial charge in [0.2, 0.25) is 0 Å². The van der Waals surface area contributed by atoms with Gasteiger partial charge in [-0.1, -0.05) is 23.2 Å². The number of rotatable bonds is 9. The maximum absolute atomic E-state index is 13.2. The Hall–Kier alpha value is -4.09. The van der Waals surface area contributed by atoms with Crippen LogP contribution in [0.5, 0.6) is 5.75 Å². The van der Waals surface area contributed by atoms with Gasteiger partial charge >= 0.3 is 24.2 Å². The SMILES string of the molecule is CC(=O)O[C@@H](C)c1nc(Cn2nc(-c3ccc(Cl)cc3)n(C[C@H](O)C(F)(F)F)c2=O)nn1-c1ccc(OC(F)(F)F)cc1Cl. The zero-order valence-corrected chi connectivity index (χ0v) is 23.9. The number of esters is 1. The molecule has 4 rings (SSSR count). The van der Waals surface area contributed by atoms with E-state index < -0.39 is 55.2 Å². The Morgan fingerprint density at radius 3 is 2.27 bits per heavy atom. The highest BCUT2D eigenvalue weighted by molar-refractivity contribution is 6.32. The summed E-state index contributed by atoms with van der Waals surface area (Å²) in [5, 5.41) is 18.1. The number of aliphatic hydroxyl groups is 1. The molecule has 0 radical (unpaired) electrons. The van der Waals surface area contributed by atoms with Crippen molar-refractivity contribution in [3.8, 4) is 22.8 Å². The molecule has 0 saturated carbocycles. The molecule has 0 bridgehead atoms. The molecule has 44 heavy (non-hydrogen) atoms. The van der Waals surface area contributed by atoms with Gasteiger partial charge in [-0.25, -0.2) is 19.1 Å². The van der Waals surface area contributed by atoms with E-state index >= 15 is 0 Å². The number of carbonyl (C=O) groups is 1. The molecule has 2 aromatic heterocycles. The molecule has 0 unspecified atom stereocenters. The fourth-order valence-corrected chi connectivity index (χ4v) is 4.34. The summed E-state index contributed by atoms with van der Waals surface area (Å²) in [7, 11) is 0. The lowest BCUT2D eigenvalue weighted by Crippen LogP contribution is -2.37. The summed E-state index contributed by atoms with van der Waals surface area (Å²) < 4.78 is 89.0. The zero-order valence-electron chi connectivity index (χ0n) is 22.4. The number of benzene rings is 2. The van der Waals surface area contributed by atoms with Gasteiger partial charge in [0.15, 0.2) is 29.7 Å². The third-order valence-electron chi connectivity index (χ3n) is 5.81. The first-order chi connectivity index (χ1) is 20.4. The Morgan fingerprint density at radius 1 is 1.05 bits per heavy atom. The molecular formula is C25H20Cl2F6N6O5. The highest BCUT2D eigenvalue weighted by Crippen LogP contribution is 2.31. The Morgan fingerprint density at radius 2 is 1.70 bits per heavy atom. The monoisotopic (exact) mass is 668 g/mol. The topological polar surface area (TPSA) is 126 Å². The number of alkyl halides is 6. The van der Waals surface area contributed by atoms with E-state index in [-0.39, 0.29) is 33.7 Å². The lowest BCUT2D eigenvalue weighted by atomic mass is 10.2. The maximum atomic E-state index is 13.2. The van der Waals surface area contributed by atoms with E-state index in [4.69, 9.17) is 27.9 Å². The van der Waals surface area contributed by atoms with Crippen LogP contribution >= 0.6 is 23.2 Å². The molecule has 0 fully saturated rings. The molecule has 0 saturated heterocycles. The number of aromatic nitrogens is 6. The molecule has 236 valence electrons. The average molecular weight is 669 g/mol. The maximum Gasteiger partial charge on any atom is 0.573 e. The van der Waals surface area contributed by atoms with Gasteiger partial charge in [0, 0.05) is 23.6 Å². The van der Waals surface area contributed by atoms with Crippen LogP contribution in [-0.2, 0) is 22.6 Å². The van der Waals surface area contributed by atoms with Gasteiger partial charge in [-0.15, -0.1) is 23.4 Å². The van der Waals surface area contributed by atoms with Crippen LogP contribution in [0.4, 0.5) is 26.3 Å². The lowest BCUT2D eigenvalue weighted by molar-refractivity contribution is -0.274. The van der Waals surface area contributed by atoms with Crippen LogP contribution in [0.15, 0.2) is 47.3 Å². The van der Waals surface area contributed by atoms with E-state index in [2.05, 4.69) is 19.9 Å². The first kappa shape index (κ1) is 32.8.